The first-order chi connectivity index (χ1) is 26.9. The van der Waals surface area contributed by atoms with Gasteiger partial charge in [0.2, 0.25) is 5.89 Å². The molecule has 0 amide bonds. The van der Waals surface area contributed by atoms with Crippen molar-refractivity contribution in [3.8, 4) is 28.7 Å². The van der Waals surface area contributed by atoms with Crippen LogP contribution in [0.2, 0.25) is 0 Å². The monoisotopic (exact) mass is 749 g/mol. The number of carboxylic acids is 1. The first-order valence-electron chi connectivity index (χ1n) is 19.4. The molecule has 3 aromatic heterocycles. The Morgan fingerprint density at radius 3 is 2.43 bits per heavy atom. The zero-order chi connectivity index (χ0) is 39.3. The van der Waals surface area contributed by atoms with E-state index in [-0.39, 0.29) is 5.92 Å². The van der Waals surface area contributed by atoms with E-state index in [2.05, 4.69) is 79.2 Å². The van der Waals surface area contributed by atoms with E-state index in [9.17, 15) is 20.3 Å². The lowest BCUT2D eigenvalue weighted by atomic mass is 9.92. The first-order valence-corrected chi connectivity index (χ1v) is 19.4. The van der Waals surface area contributed by atoms with Crippen LogP contribution in [-0.4, -0.2) is 72.7 Å². The van der Waals surface area contributed by atoms with Crippen molar-refractivity contribution in [2.45, 2.75) is 72.6 Å². The van der Waals surface area contributed by atoms with E-state index >= 15 is 0 Å². The third-order valence-corrected chi connectivity index (χ3v) is 11.6. The fourth-order valence-electron chi connectivity index (χ4n) is 8.60. The fraction of sp³-hybridized carbons (Fsp3) is 0.356. The largest absolute Gasteiger partial charge is 0.481 e. The molecule has 3 aromatic carbocycles. The predicted octanol–water partition coefficient (Wildman–Crippen LogP) is 8.07. The van der Waals surface area contributed by atoms with Crippen molar-refractivity contribution in [3.05, 3.63) is 99.9 Å². The summed E-state index contributed by atoms with van der Waals surface area (Å²) in [5.74, 6) is -0.689. The molecule has 0 spiro atoms. The number of fused-ring (bicyclic) bond motifs is 2. The van der Waals surface area contributed by atoms with Gasteiger partial charge in [-0.15, -0.1) is 0 Å². The number of anilines is 2. The molecule has 286 valence electrons. The number of rotatable bonds is 10. The summed E-state index contributed by atoms with van der Waals surface area (Å²) in [5, 5.41) is 33.8. The standard InChI is InChI=1S/C45H47N7O4/c1-6-33-28(4)48-38-19-30(23-52-16-14-45(5,55)25-52)21-47-41(38)40(33)49-37-12-8-10-35(27(37)3)34-9-7-11-36(26(34)2)43-50-39-18-29(17-32(20-46)42(39)56-43)22-51-15-13-31(24-51)44(53)54/h7-12,17-19,21,31,55H,6,13-16,22-25H2,1-5H3,(H,48,49)(H,53,54)/t31-,45-/m1/s1. The third-order valence-electron chi connectivity index (χ3n) is 11.6. The number of carbonyl (C=O) groups is 1. The summed E-state index contributed by atoms with van der Waals surface area (Å²) in [6, 6.07) is 20.6. The lowest BCUT2D eigenvalue weighted by Crippen LogP contribution is -2.29. The Morgan fingerprint density at radius 1 is 0.982 bits per heavy atom. The second-order valence-corrected chi connectivity index (χ2v) is 15.8. The molecular weight excluding hydrogens is 703 g/mol. The second kappa shape index (κ2) is 14.8. The molecule has 0 saturated carbocycles. The number of aliphatic hydroxyl groups is 1. The Kier molecular flexibility index (Phi) is 9.83. The molecule has 2 saturated heterocycles. The van der Waals surface area contributed by atoms with Gasteiger partial charge in [-0.1, -0.05) is 31.2 Å². The lowest BCUT2D eigenvalue weighted by Gasteiger charge is -2.20. The second-order valence-electron chi connectivity index (χ2n) is 15.8. The van der Waals surface area contributed by atoms with Gasteiger partial charge < -0.3 is 19.9 Å². The summed E-state index contributed by atoms with van der Waals surface area (Å²) in [6.45, 7) is 14.2. The Labute approximate surface area is 326 Å². The van der Waals surface area contributed by atoms with Crippen molar-refractivity contribution in [1.29, 1.82) is 5.26 Å². The summed E-state index contributed by atoms with van der Waals surface area (Å²) >= 11 is 0. The molecule has 2 aliphatic heterocycles. The van der Waals surface area contributed by atoms with Crippen molar-refractivity contribution in [2.75, 3.05) is 31.5 Å². The number of nitriles is 1. The molecule has 6 aromatic rings. The zero-order valence-electron chi connectivity index (χ0n) is 32.6. The topological polar surface area (TPSA) is 152 Å². The zero-order valence-corrected chi connectivity index (χ0v) is 32.6. The average Bonchev–Trinajstić information content (AvgIpc) is 3.90. The number of aryl methyl sites for hydroxylation is 1. The highest BCUT2D eigenvalue weighted by Gasteiger charge is 2.31. The lowest BCUT2D eigenvalue weighted by molar-refractivity contribution is -0.141. The minimum atomic E-state index is -0.766. The fourth-order valence-corrected chi connectivity index (χ4v) is 8.60. The molecular formula is C45H47N7O4. The van der Waals surface area contributed by atoms with Crippen LogP contribution < -0.4 is 5.32 Å². The molecule has 11 heteroatoms. The number of aliphatic carboxylic acids is 1. The van der Waals surface area contributed by atoms with E-state index in [1.165, 1.54) is 0 Å². The summed E-state index contributed by atoms with van der Waals surface area (Å²) in [5.41, 5.74) is 13.5. The van der Waals surface area contributed by atoms with Crippen molar-refractivity contribution in [1.82, 2.24) is 24.8 Å². The van der Waals surface area contributed by atoms with Crippen LogP contribution >= 0.6 is 0 Å². The van der Waals surface area contributed by atoms with E-state index in [1.807, 2.05) is 37.4 Å². The summed E-state index contributed by atoms with van der Waals surface area (Å²) in [4.78, 5) is 30.7. The SMILES string of the molecule is CCc1c(C)nc2cc(CN3CC[C@@](C)(O)C3)cnc2c1Nc1cccc(-c2cccc(-c3nc4cc(CN5CC[C@@H](C(=O)O)C5)cc(C#N)c4o3)c2C)c1C. The number of carboxylic acid groups (broad SMARTS) is 1. The number of hydrogen-bond donors (Lipinski definition) is 3. The van der Waals surface area contributed by atoms with Gasteiger partial charge in [-0.2, -0.15) is 5.26 Å². The van der Waals surface area contributed by atoms with Crippen LogP contribution in [0.3, 0.4) is 0 Å². The summed E-state index contributed by atoms with van der Waals surface area (Å²) in [7, 11) is 0. The van der Waals surface area contributed by atoms with Crippen LogP contribution in [0.15, 0.2) is 65.2 Å². The molecule has 3 N–H and O–H groups in total. The van der Waals surface area contributed by atoms with E-state index in [0.717, 1.165) is 98.5 Å². The Morgan fingerprint density at radius 2 is 1.71 bits per heavy atom. The minimum absolute atomic E-state index is 0.367. The van der Waals surface area contributed by atoms with Gasteiger partial charge in [0.05, 0.1) is 28.3 Å². The average molecular weight is 750 g/mol. The van der Waals surface area contributed by atoms with Gasteiger partial charge in [0.15, 0.2) is 5.58 Å². The van der Waals surface area contributed by atoms with Crippen LogP contribution in [0.4, 0.5) is 11.4 Å². The predicted molar refractivity (Wildman–Crippen MR) is 218 cm³/mol. The molecule has 0 bridgehead atoms. The molecule has 0 unspecified atom stereocenters. The maximum Gasteiger partial charge on any atom is 0.307 e. The summed E-state index contributed by atoms with van der Waals surface area (Å²) in [6.07, 6.45) is 4.12. The van der Waals surface area contributed by atoms with Gasteiger partial charge in [0, 0.05) is 55.9 Å². The number of nitrogens with zero attached hydrogens (tertiary/aromatic N) is 6. The van der Waals surface area contributed by atoms with Crippen molar-refractivity contribution in [3.63, 3.8) is 0 Å². The Hall–Kier alpha value is -5.67. The normalized spacial score (nSPS) is 18.9. The summed E-state index contributed by atoms with van der Waals surface area (Å²) < 4.78 is 6.32. The van der Waals surface area contributed by atoms with Gasteiger partial charge in [-0.05, 0) is 123 Å². The molecule has 2 fully saturated rings. The Balaban J connectivity index is 1.10. The molecule has 0 aliphatic carbocycles. The van der Waals surface area contributed by atoms with Crippen molar-refractivity contribution >= 4 is 39.5 Å². The van der Waals surface area contributed by atoms with Crippen LogP contribution in [0, 0.1) is 38.0 Å². The maximum absolute atomic E-state index is 11.5. The molecule has 0 radical (unpaired) electrons. The van der Waals surface area contributed by atoms with Crippen molar-refractivity contribution in [2.24, 2.45) is 5.92 Å². The number of β-amino-alcohol motifs (C(OH)–C–C–N with tert-alkyl or cyclic N) is 1. The highest BCUT2D eigenvalue weighted by Crippen LogP contribution is 2.39. The van der Waals surface area contributed by atoms with Crippen LogP contribution in [0.25, 0.3) is 44.7 Å². The number of aromatic nitrogens is 3. The molecule has 5 heterocycles. The molecule has 11 nitrogen and oxygen atoms in total. The number of likely N-dealkylation sites (tertiary alicyclic amines) is 2. The van der Waals surface area contributed by atoms with E-state index in [1.54, 1.807) is 0 Å². The van der Waals surface area contributed by atoms with Gasteiger partial charge in [0.1, 0.15) is 17.1 Å². The molecule has 2 aliphatic rings. The van der Waals surface area contributed by atoms with Gasteiger partial charge in [-0.3, -0.25) is 24.6 Å². The number of oxazole rings is 1. The highest BCUT2D eigenvalue weighted by molar-refractivity contribution is 5.93. The van der Waals surface area contributed by atoms with Crippen LogP contribution in [0.1, 0.15) is 65.8 Å². The maximum atomic E-state index is 11.5. The van der Waals surface area contributed by atoms with Crippen LogP contribution in [-0.2, 0) is 24.3 Å². The third kappa shape index (κ3) is 7.12. The van der Waals surface area contributed by atoms with Gasteiger partial charge in [0.25, 0.3) is 0 Å². The smallest absolute Gasteiger partial charge is 0.307 e. The molecule has 2 atom stereocenters. The Bertz CT molecular complexity index is 2550. The highest BCUT2D eigenvalue weighted by atomic mass is 16.4. The quantitative estimate of drug-likeness (QED) is 0.125. The number of hydrogen-bond acceptors (Lipinski definition) is 10. The first kappa shape index (κ1) is 37.3. The van der Waals surface area contributed by atoms with E-state index < -0.39 is 11.6 Å². The molecule has 8 rings (SSSR count). The molecule has 56 heavy (non-hydrogen) atoms. The van der Waals surface area contributed by atoms with E-state index in [0.29, 0.717) is 55.2 Å². The van der Waals surface area contributed by atoms with Crippen LogP contribution in [0.5, 0.6) is 0 Å². The van der Waals surface area contributed by atoms with Gasteiger partial charge >= 0.3 is 5.97 Å². The van der Waals surface area contributed by atoms with Gasteiger partial charge in [-0.25, -0.2) is 4.98 Å². The number of benzene rings is 3. The number of nitrogens with one attached hydrogen (secondary N) is 1. The van der Waals surface area contributed by atoms with E-state index in [4.69, 9.17) is 19.4 Å². The number of pyridine rings is 2. The minimum Gasteiger partial charge on any atom is -0.481 e. The van der Waals surface area contributed by atoms with Crippen molar-refractivity contribution < 1.29 is 19.4 Å².